The van der Waals surface area contributed by atoms with Gasteiger partial charge in [-0.1, -0.05) is 30.3 Å². The van der Waals surface area contributed by atoms with Crippen LogP contribution in [0.1, 0.15) is 22.8 Å². The lowest BCUT2D eigenvalue weighted by molar-refractivity contribution is 0.0526. The molecule has 6 heteroatoms. The van der Waals surface area contributed by atoms with E-state index in [1.807, 2.05) is 30.3 Å². The molecule has 0 saturated carbocycles. The Morgan fingerprint density at radius 3 is 2.50 bits per heavy atom. The number of rotatable bonds is 5. The van der Waals surface area contributed by atoms with E-state index in [9.17, 15) is 9.90 Å². The minimum absolute atomic E-state index is 0.126. The van der Waals surface area contributed by atoms with Crippen molar-refractivity contribution < 1.29 is 9.90 Å². The van der Waals surface area contributed by atoms with E-state index in [0.717, 1.165) is 11.3 Å². The maximum atomic E-state index is 12.3. The summed E-state index contributed by atoms with van der Waals surface area (Å²) in [6.45, 7) is 1.80. The van der Waals surface area contributed by atoms with Crippen molar-refractivity contribution in [2.75, 3.05) is 6.54 Å². The maximum Gasteiger partial charge on any atom is 0.251 e. The number of benzene rings is 2. The first-order valence-corrected chi connectivity index (χ1v) is 7.57. The number of aliphatic hydroxyl groups is 1. The first-order valence-electron chi connectivity index (χ1n) is 7.57. The molecule has 2 aromatic carbocycles. The van der Waals surface area contributed by atoms with Crippen molar-refractivity contribution in [3.63, 3.8) is 0 Å². The number of carbonyl (C=O) groups excluding carboxylic acids is 1. The number of nitrogens with one attached hydrogen (secondary N) is 1. The molecule has 0 fully saturated rings. The molecule has 2 N–H and O–H groups in total. The molecule has 0 saturated heterocycles. The molecule has 0 aliphatic rings. The van der Waals surface area contributed by atoms with E-state index in [0.29, 0.717) is 5.56 Å². The molecule has 6 nitrogen and oxygen atoms in total. The van der Waals surface area contributed by atoms with Gasteiger partial charge in [0.25, 0.3) is 5.91 Å². The third kappa shape index (κ3) is 3.49. The van der Waals surface area contributed by atoms with Crippen LogP contribution in [0.15, 0.2) is 67.3 Å². The van der Waals surface area contributed by atoms with Crippen LogP contribution in [0.4, 0.5) is 0 Å². The fourth-order valence-electron chi connectivity index (χ4n) is 2.36. The van der Waals surface area contributed by atoms with Crippen LogP contribution in [0.25, 0.3) is 5.69 Å². The van der Waals surface area contributed by atoms with Gasteiger partial charge in [-0.05, 0) is 36.8 Å². The SMILES string of the molecule is CC(O)(CNC(=O)c1ccc(-n2cncn2)cc1)c1ccccc1. The highest BCUT2D eigenvalue weighted by Crippen LogP contribution is 2.19. The monoisotopic (exact) mass is 322 g/mol. The Balaban J connectivity index is 1.65. The van der Waals surface area contributed by atoms with E-state index in [1.165, 1.54) is 6.33 Å². The Kier molecular flexibility index (Phi) is 4.39. The zero-order valence-electron chi connectivity index (χ0n) is 13.3. The quantitative estimate of drug-likeness (QED) is 0.752. The zero-order valence-corrected chi connectivity index (χ0v) is 13.3. The predicted molar refractivity (Wildman–Crippen MR) is 89.7 cm³/mol. The highest BCUT2D eigenvalue weighted by Gasteiger charge is 2.23. The Morgan fingerprint density at radius 2 is 1.88 bits per heavy atom. The molecule has 3 aromatic rings. The molecular weight excluding hydrogens is 304 g/mol. The molecule has 0 bridgehead atoms. The largest absolute Gasteiger partial charge is 0.384 e. The Bertz CT molecular complexity index is 797. The van der Waals surface area contributed by atoms with Crippen molar-refractivity contribution in [3.05, 3.63) is 78.4 Å². The topological polar surface area (TPSA) is 80.0 Å². The van der Waals surface area contributed by atoms with Gasteiger partial charge in [0.05, 0.1) is 12.2 Å². The van der Waals surface area contributed by atoms with Gasteiger partial charge in [0, 0.05) is 5.56 Å². The second kappa shape index (κ2) is 6.64. The summed E-state index contributed by atoms with van der Waals surface area (Å²) >= 11 is 0. The summed E-state index contributed by atoms with van der Waals surface area (Å²) in [7, 11) is 0. The molecular formula is C18H18N4O2. The number of nitrogens with zero attached hydrogens (tertiary/aromatic N) is 3. The second-order valence-electron chi connectivity index (χ2n) is 5.71. The molecule has 0 aliphatic carbocycles. The van der Waals surface area contributed by atoms with Crippen molar-refractivity contribution in [2.24, 2.45) is 0 Å². The van der Waals surface area contributed by atoms with Crippen LogP contribution >= 0.6 is 0 Å². The van der Waals surface area contributed by atoms with Gasteiger partial charge in [0.1, 0.15) is 18.3 Å². The van der Waals surface area contributed by atoms with Crippen LogP contribution in [0, 0.1) is 0 Å². The fraction of sp³-hybridized carbons (Fsp3) is 0.167. The molecule has 122 valence electrons. The van der Waals surface area contributed by atoms with E-state index < -0.39 is 5.60 Å². The maximum absolute atomic E-state index is 12.3. The van der Waals surface area contributed by atoms with Crippen LogP contribution < -0.4 is 5.32 Å². The van der Waals surface area contributed by atoms with Gasteiger partial charge in [-0.15, -0.1) is 0 Å². The van der Waals surface area contributed by atoms with E-state index in [4.69, 9.17) is 0 Å². The van der Waals surface area contributed by atoms with Crippen LogP contribution in [0.5, 0.6) is 0 Å². The lowest BCUT2D eigenvalue weighted by atomic mass is 9.96. The minimum atomic E-state index is -1.13. The number of aromatic nitrogens is 3. The smallest absolute Gasteiger partial charge is 0.251 e. The average Bonchev–Trinajstić information content (AvgIpc) is 3.15. The first kappa shape index (κ1) is 15.9. The first-order chi connectivity index (χ1) is 11.6. The molecule has 0 radical (unpaired) electrons. The van der Waals surface area contributed by atoms with Crippen molar-refractivity contribution in [1.82, 2.24) is 20.1 Å². The van der Waals surface area contributed by atoms with E-state index >= 15 is 0 Å². The van der Waals surface area contributed by atoms with E-state index in [1.54, 1.807) is 42.2 Å². The second-order valence-corrected chi connectivity index (χ2v) is 5.71. The van der Waals surface area contributed by atoms with Gasteiger partial charge in [0.2, 0.25) is 0 Å². The van der Waals surface area contributed by atoms with Gasteiger partial charge in [0.15, 0.2) is 0 Å². The minimum Gasteiger partial charge on any atom is -0.384 e. The number of hydrogen-bond donors (Lipinski definition) is 2. The van der Waals surface area contributed by atoms with Crippen LogP contribution in [0.3, 0.4) is 0 Å². The van der Waals surface area contributed by atoms with Crippen molar-refractivity contribution in [2.45, 2.75) is 12.5 Å². The van der Waals surface area contributed by atoms with Gasteiger partial charge < -0.3 is 10.4 Å². The molecule has 1 aromatic heterocycles. The lowest BCUT2D eigenvalue weighted by Gasteiger charge is -2.24. The normalized spacial score (nSPS) is 13.2. The molecule has 1 atom stereocenters. The molecule has 24 heavy (non-hydrogen) atoms. The van der Waals surface area contributed by atoms with Crippen molar-refractivity contribution >= 4 is 5.91 Å². The van der Waals surface area contributed by atoms with Crippen molar-refractivity contribution in [1.29, 1.82) is 0 Å². The summed E-state index contributed by atoms with van der Waals surface area (Å²) in [6.07, 6.45) is 3.04. The van der Waals surface area contributed by atoms with Crippen LogP contribution in [-0.4, -0.2) is 32.3 Å². The van der Waals surface area contributed by atoms with Gasteiger partial charge in [-0.25, -0.2) is 9.67 Å². The van der Waals surface area contributed by atoms with E-state index in [-0.39, 0.29) is 12.5 Å². The number of carbonyl (C=O) groups is 1. The summed E-state index contributed by atoms with van der Waals surface area (Å²) in [5, 5.41) is 17.3. The van der Waals surface area contributed by atoms with Crippen LogP contribution in [0.2, 0.25) is 0 Å². The summed E-state index contributed by atoms with van der Waals surface area (Å²) in [6, 6.07) is 16.3. The molecule has 0 aliphatic heterocycles. The standard InChI is InChI=1S/C18H18N4O2/c1-18(24,15-5-3-2-4-6-15)11-20-17(23)14-7-9-16(10-8-14)22-13-19-12-21-22/h2-10,12-13,24H,11H2,1H3,(H,20,23). The van der Waals surface area contributed by atoms with Crippen LogP contribution in [-0.2, 0) is 5.60 Å². The highest BCUT2D eigenvalue weighted by atomic mass is 16.3. The fourth-order valence-corrected chi connectivity index (χ4v) is 2.36. The Hall–Kier alpha value is -2.99. The molecule has 1 heterocycles. The number of amides is 1. The Morgan fingerprint density at radius 1 is 1.17 bits per heavy atom. The third-order valence-corrected chi connectivity index (χ3v) is 3.80. The van der Waals surface area contributed by atoms with Gasteiger partial charge in [-0.3, -0.25) is 4.79 Å². The summed E-state index contributed by atoms with van der Waals surface area (Å²) in [5.74, 6) is -0.239. The lowest BCUT2D eigenvalue weighted by Crippen LogP contribution is -2.38. The Labute approximate surface area is 139 Å². The molecule has 1 amide bonds. The summed E-state index contributed by atoms with van der Waals surface area (Å²) in [5.41, 5.74) is 0.965. The molecule has 1 unspecified atom stereocenters. The van der Waals surface area contributed by atoms with Gasteiger partial charge in [-0.2, -0.15) is 5.10 Å². The highest BCUT2D eigenvalue weighted by molar-refractivity contribution is 5.94. The van der Waals surface area contributed by atoms with Gasteiger partial charge >= 0.3 is 0 Å². The van der Waals surface area contributed by atoms with E-state index in [2.05, 4.69) is 15.4 Å². The predicted octanol–water partition coefficient (Wildman–Crippen LogP) is 1.90. The molecule has 3 rings (SSSR count). The average molecular weight is 322 g/mol. The van der Waals surface area contributed by atoms with Crippen molar-refractivity contribution in [3.8, 4) is 5.69 Å². The molecule has 0 spiro atoms. The third-order valence-electron chi connectivity index (χ3n) is 3.80. The summed E-state index contributed by atoms with van der Waals surface area (Å²) < 4.78 is 1.61. The zero-order chi connectivity index (χ0) is 17.0. The number of hydrogen-bond acceptors (Lipinski definition) is 4. The summed E-state index contributed by atoms with van der Waals surface area (Å²) in [4.78, 5) is 16.1.